The Bertz CT molecular complexity index is 1890. The lowest BCUT2D eigenvalue weighted by atomic mass is 9.72. The molecule has 58 heavy (non-hydrogen) atoms. The fourth-order valence-corrected chi connectivity index (χ4v) is 11.4. The van der Waals surface area contributed by atoms with E-state index in [0.29, 0.717) is 56.8 Å². The monoisotopic (exact) mass is 826 g/mol. The highest BCUT2D eigenvalue weighted by Gasteiger charge is 2.50. The van der Waals surface area contributed by atoms with Crippen LogP contribution in [0.3, 0.4) is 0 Å². The number of hydrogen-bond acceptors (Lipinski definition) is 10. The standard InChI is InChI=1S/C42H63FN8O6S/c1-30(2)51(31(3)4)38(52)34-22-33(43)8-9-35(34)56-36-23-44-29-45-37(36)47-25-41(26-47)12-18-46(19-13-41)24-32-10-16-49(17-11-32)58(54,55)50-20-14-42(15-21-50)27-48(28-42)39(53)57-40(5,6)7/h8-9,22-23,29-32H,10-21,24-28H2,1-7H3. The third kappa shape index (κ3) is 9.09. The summed E-state index contributed by atoms with van der Waals surface area (Å²) in [5.74, 6) is 1.03. The number of carbonyl (C=O) groups excluding carboxylic acids is 2. The highest BCUT2D eigenvalue weighted by Crippen LogP contribution is 2.46. The van der Waals surface area contributed by atoms with Gasteiger partial charge in [0.25, 0.3) is 16.1 Å². The van der Waals surface area contributed by atoms with Gasteiger partial charge in [-0.2, -0.15) is 17.0 Å². The topological polar surface area (TPSA) is 132 Å². The molecule has 5 aliphatic heterocycles. The number of anilines is 1. The van der Waals surface area contributed by atoms with E-state index in [1.54, 1.807) is 24.6 Å². The predicted octanol–water partition coefficient (Wildman–Crippen LogP) is 5.86. The molecule has 0 radical (unpaired) electrons. The van der Waals surface area contributed by atoms with Gasteiger partial charge in [-0.1, -0.05) is 0 Å². The first-order valence-corrected chi connectivity index (χ1v) is 22.6. The van der Waals surface area contributed by atoms with Gasteiger partial charge in [-0.15, -0.1) is 0 Å². The molecular weight excluding hydrogens is 764 g/mol. The van der Waals surface area contributed by atoms with Gasteiger partial charge >= 0.3 is 6.09 Å². The average molecular weight is 827 g/mol. The van der Waals surface area contributed by atoms with Crippen LogP contribution in [0.1, 0.15) is 97.3 Å². The molecule has 5 aliphatic rings. The summed E-state index contributed by atoms with van der Waals surface area (Å²) in [5, 5.41) is 0. The number of halogens is 1. The number of piperidine rings is 3. The van der Waals surface area contributed by atoms with E-state index in [9.17, 15) is 22.4 Å². The number of amides is 2. The molecule has 14 nitrogen and oxygen atoms in total. The number of rotatable bonds is 10. The van der Waals surface area contributed by atoms with Crippen LogP contribution in [0.2, 0.25) is 0 Å². The van der Waals surface area contributed by atoms with E-state index in [1.165, 1.54) is 24.5 Å². The third-order valence-electron chi connectivity index (χ3n) is 12.9. The quantitative estimate of drug-likeness (QED) is 0.287. The highest BCUT2D eigenvalue weighted by molar-refractivity contribution is 7.86. The molecule has 0 bridgehead atoms. The zero-order valence-corrected chi connectivity index (χ0v) is 36.3. The van der Waals surface area contributed by atoms with Gasteiger partial charge in [0.15, 0.2) is 11.6 Å². The minimum atomic E-state index is -3.51. The van der Waals surface area contributed by atoms with E-state index < -0.39 is 21.6 Å². The van der Waals surface area contributed by atoms with Crippen molar-refractivity contribution in [2.45, 2.75) is 105 Å². The maximum absolute atomic E-state index is 14.5. The Morgan fingerprint density at radius 2 is 1.47 bits per heavy atom. The fourth-order valence-electron chi connectivity index (χ4n) is 9.72. The molecule has 16 heteroatoms. The predicted molar refractivity (Wildman–Crippen MR) is 220 cm³/mol. The number of likely N-dealkylation sites (tertiary alicyclic amines) is 2. The largest absolute Gasteiger partial charge is 0.451 e. The molecule has 5 saturated heterocycles. The van der Waals surface area contributed by atoms with Crippen LogP contribution in [0.25, 0.3) is 0 Å². The molecule has 2 spiro atoms. The Morgan fingerprint density at radius 3 is 2.07 bits per heavy atom. The maximum atomic E-state index is 14.5. The lowest BCUT2D eigenvalue weighted by molar-refractivity contribution is -0.0525. The Kier molecular flexibility index (Phi) is 12.1. The summed E-state index contributed by atoms with van der Waals surface area (Å²) in [7, 11) is -3.51. The first-order chi connectivity index (χ1) is 27.4. The molecule has 0 atom stereocenters. The zero-order chi connectivity index (χ0) is 41.6. The van der Waals surface area contributed by atoms with Crippen molar-refractivity contribution in [2.24, 2.45) is 16.7 Å². The van der Waals surface area contributed by atoms with Crippen LogP contribution in [-0.2, 0) is 14.9 Å². The average Bonchev–Trinajstić information content (AvgIpc) is 3.13. The van der Waals surface area contributed by atoms with E-state index >= 15 is 0 Å². The van der Waals surface area contributed by atoms with Crippen molar-refractivity contribution in [3.05, 3.63) is 42.1 Å². The number of benzene rings is 1. The molecular formula is C42H63FN8O6S. The van der Waals surface area contributed by atoms with Gasteiger partial charge < -0.3 is 29.1 Å². The van der Waals surface area contributed by atoms with Gasteiger partial charge in [-0.3, -0.25) is 4.79 Å². The third-order valence-corrected chi connectivity index (χ3v) is 14.9. The van der Waals surface area contributed by atoms with Gasteiger partial charge in [-0.25, -0.2) is 19.2 Å². The van der Waals surface area contributed by atoms with Crippen LogP contribution in [-0.4, -0.2) is 143 Å². The van der Waals surface area contributed by atoms with Crippen molar-refractivity contribution in [2.75, 3.05) is 76.9 Å². The van der Waals surface area contributed by atoms with Crippen molar-refractivity contribution in [1.29, 1.82) is 0 Å². The van der Waals surface area contributed by atoms with E-state index in [0.717, 1.165) is 71.2 Å². The Hall–Kier alpha value is -3.60. The second-order valence-electron chi connectivity index (χ2n) is 19.1. The lowest BCUT2D eigenvalue weighted by Gasteiger charge is -2.55. The Balaban J connectivity index is 0.858. The second-order valence-corrected chi connectivity index (χ2v) is 21.0. The summed E-state index contributed by atoms with van der Waals surface area (Å²) in [5.41, 5.74) is -0.187. The van der Waals surface area contributed by atoms with Crippen LogP contribution in [0.5, 0.6) is 11.5 Å². The molecule has 7 rings (SSSR count). The molecule has 6 heterocycles. The van der Waals surface area contributed by atoms with Gasteiger partial charge in [0, 0.05) is 81.8 Å². The smallest absolute Gasteiger partial charge is 0.410 e. The molecule has 0 aliphatic carbocycles. The molecule has 1 aromatic carbocycles. The summed E-state index contributed by atoms with van der Waals surface area (Å²) in [6.07, 6.45) is 8.21. The summed E-state index contributed by atoms with van der Waals surface area (Å²) < 4.78 is 57.0. The molecule has 2 aromatic rings. The number of nitrogens with zero attached hydrogens (tertiary/aromatic N) is 8. The van der Waals surface area contributed by atoms with Gasteiger partial charge in [0.2, 0.25) is 0 Å². The summed E-state index contributed by atoms with van der Waals surface area (Å²) >= 11 is 0. The summed E-state index contributed by atoms with van der Waals surface area (Å²) in [4.78, 5) is 43.1. The van der Waals surface area contributed by atoms with Crippen molar-refractivity contribution >= 4 is 28.0 Å². The summed E-state index contributed by atoms with van der Waals surface area (Å²) in [6.45, 7) is 21.4. The Morgan fingerprint density at radius 1 is 0.879 bits per heavy atom. The van der Waals surface area contributed by atoms with E-state index in [2.05, 4.69) is 19.8 Å². The van der Waals surface area contributed by atoms with E-state index in [4.69, 9.17) is 9.47 Å². The number of ether oxygens (including phenoxy) is 2. The second kappa shape index (κ2) is 16.5. The maximum Gasteiger partial charge on any atom is 0.410 e. The zero-order valence-electron chi connectivity index (χ0n) is 35.5. The fraction of sp³-hybridized carbons (Fsp3) is 0.714. The minimum Gasteiger partial charge on any atom is -0.451 e. The molecule has 0 N–H and O–H groups in total. The van der Waals surface area contributed by atoms with Crippen molar-refractivity contribution in [3.63, 3.8) is 0 Å². The van der Waals surface area contributed by atoms with E-state index in [-0.39, 0.29) is 46.2 Å². The number of aromatic nitrogens is 2. The van der Waals surface area contributed by atoms with Gasteiger partial charge in [-0.05, 0) is 124 Å². The van der Waals surface area contributed by atoms with Gasteiger partial charge in [0.05, 0.1) is 11.8 Å². The van der Waals surface area contributed by atoms with Crippen molar-refractivity contribution in [1.82, 2.24) is 33.3 Å². The van der Waals surface area contributed by atoms with Gasteiger partial charge in [0.1, 0.15) is 23.5 Å². The van der Waals surface area contributed by atoms with Crippen LogP contribution >= 0.6 is 0 Å². The first-order valence-electron chi connectivity index (χ1n) is 21.2. The molecule has 5 fully saturated rings. The highest BCUT2D eigenvalue weighted by atomic mass is 32.2. The van der Waals surface area contributed by atoms with Crippen LogP contribution in [0.15, 0.2) is 30.7 Å². The van der Waals surface area contributed by atoms with Crippen LogP contribution in [0, 0.1) is 22.6 Å². The van der Waals surface area contributed by atoms with Crippen LogP contribution in [0.4, 0.5) is 15.0 Å². The number of hydrogen-bond donors (Lipinski definition) is 0. The van der Waals surface area contributed by atoms with Crippen molar-refractivity contribution < 1.29 is 31.9 Å². The number of carbonyl (C=O) groups is 2. The van der Waals surface area contributed by atoms with Crippen LogP contribution < -0.4 is 9.64 Å². The molecule has 2 amide bonds. The lowest BCUT2D eigenvalue weighted by Crippen LogP contribution is -2.63. The minimum absolute atomic E-state index is 0.00442. The molecule has 0 unspecified atom stereocenters. The Labute approximate surface area is 344 Å². The summed E-state index contributed by atoms with van der Waals surface area (Å²) in [6, 6.07) is 3.88. The van der Waals surface area contributed by atoms with E-state index in [1.807, 2.05) is 48.5 Å². The normalized spacial score (nSPS) is 22.0. The molecule has 0 saturated carbocycles. The molecule has 1 aromatic heterocycles. The SMILES string of the molecule is CC(C)N(C(=O)c1cc(F)ccc1Oc1cncnc1N1CC2(CCN(CC3CCN(S(=O)(=O)N4CCC5(CC4)CN(C(=O)OC(C)(C)C)C5)CC3)CC2)C1)C(C)C. The first kappa shape index (κ1) is 42.5. The molecule has 320 valence electrons. The van der Waals surface area contributed by atoms with Crippen molar-refractivity contribution in [3.8, 4) is 11.5 Å².